The van der Waals surface area contributed by atoms with E-state index in [1.54, 1.807) is 6.20 Å². The Labute approximate surface area is 83.8 Å². The van der Waals surface area contributed by atoms with E-state index in [2.05, 4.69) is 24.0 Å². The first kappa shape index (κ1) is 9.61. The molecule has 14 heavy (non-hydrogen) atoms. The van der Waals surface area contributed by atoms with Crippen LogP contribution in [-0.4, -0.2) is 30.5 Å². The molecule has 0 amide bonds. The monoisotopic (exact) mass is 192 g/mol. The molecular formula is C9H13BN2O2. The van der Waals surface area contributed by atoms with Crippen molar-refractivity contribution in [1.29, 1.82) is 0 Å². The van der Waals surface area contributed by atoms with Gasteiger partial charge in [0.05, 0.1) is 5.59 Å². The molecule has 0 spiro atoms. The van der Waals surface area contributed by atoms with Gasteiger partial charge in [-0.2, -0.15) is 10.2 Å². The Bertz CT molecular complexity index is 295. The highest BCUT2D eigenvalue weighted by Crippen LogP contribution is 2.20. The van der Waals surface area contributed by atoms with Gasteiger partial charge in [0.25, 0.3) is 0 Å². The highest BCUT2D eigenvalue weighted by molar-refractivity contribution is 6.60. The van der Waals surface area contributed by atoms with Gasteiger partial charge in [-0.3, -0.25) is 0 Å². The van der Waals surface area contributed by atoms with Gasteiger partial charge in [-0.15, -0.1) is 0 Å². The molecule has 1 fully saturated rings. The quantitative estimate of drug-likeness (QED) is 0.598. The van der Waals surface area contributed by atoms with Crippen LogP contribution in [0.1, 0.15) is 13.8 Å². The van der Waals surface area contributed by atoms with Gasteiger partial charge in [-0.1, -0.05) is 13.8 Å². The average molecular weight is 192 g/mol. The summed E-state index contributed by atoms with van der Waals surface area (Å²) in [4.78, 5) is 0. The van der Waals surface area contributed by atoms with E-state index in [0.29, 0.717) is 13.2 Å². The van der Waals surface area contributed by atoms with E-state index in [4.69, 9.17) is 9.31 Å². The molecule has 1 aliphatic rings. The Kier molecular flexibility index (Phi) is 2.52. The van der Waals surface area contributed by atoms with E-state index in [1.165, 1.54) is 0 Å². The second-order valence-corrected chi connectivity index (χ2v) is 4.27. The molecule has 74 valence electrons. The third kappa shape index (κ3) is 2.11. The van der Waals surface area contributed by atoms with E-state index < -0.39 is 0 Å². The van der Waals surface area contributed by atoms with Crippen LogP contribution >= 0.6 is 0 Å². The Morgan fingerprint density at radius 3 is 2.64 bits per heavy atom. The van der Waals surface area contributed by atoms with Crippen LogP contribution in [0.4, 0.5) is 0 Å². The lowest BCUT2D eigenvalue weighted by molar-refractivity contribution is 0.0339. The molecule has 5 heteroatoms. The summed E-state index contributed by atoms with van der Waals surface area (Å²) in [5, 5.41) is 7.74. The van der Waals surface area contributed by atoms with Crippen LogP contribution in [0.5, 0.6) is 0 Å². The molecule has 1 aliphatic heterocycles. The van der Waals surface area contributed by atoms with Crippen LogP contribution < -0.4 is 5.59 Å². The van der Waals surface area contributed by atoms with Gasteiger partial charge in [-0.25, -0.2) is 0 Å². The minimum Gasteiger partial charge on any atom is -0.406 e. The number of rotatable bonds is 1. The van der Waals surface area contributed by atoms with Crippen LogP contribution in [0.3, 0.4) is 0 Å². The van der Waals surface area contributed by atoms with E-state index >= 15 is 0 Å². The molecule has 0 atom stereocenters. The molecule has 4 nitrogen and oxygen atoms in total. The van der Waals surface area contributed by atoms with E-state index in [9.17, 15) is 0 Å². The third-order valence-electron chi connectivity index (χ3n) is 2.09. The first-order valence-corrected chi connectivity index (χ1v) is 4.68. The molecule has 1 saturated heterocycles. The van der Waals surface area contributed by atoms with Gasteiger partial charge in [0.1, 0.15) is 0 Å². The largest absolute Gasteiger partial charge is 0.515 e. The van der Waals surface area contributed by atoms with Crippen LogP contribution in [0, 0.1) is 5.41 Å². The Morgan fingerprint density at radius 2 is 2.07 bits per heavy atom. The fraction of sp³-hybridized carbons (Fsp3) is 0.556. The fourth-order valence-corrected chi connectivity index (χ4v) is 1.30. The number of hydrogen-bond acceptors (Lipinski definition) is 4. The van der Waals surface area contributed by atoms with Gasteiger partial charge < -0.3 is 9.31 Å². The Balaban J connectivity index is 2.03. The van der Waals surface area contributed by atoms with Crippen molar-refractivity contribution in [2.24, 2.45) is 5.41 Å². The average Bonchev–Trinajstić information content (AvgIpc) is 2.19. The molecule has 2 rings (SSSR count). The first-order valence-electron chi connectivity index (χ1n) is 4.68. The number of hydrogen-bond donors (Lipinski definition) is 0. The topological polar surface area (TPSA) is 44.2 Å². The maximum absolute atomic E-state index is 5.55. The SMILES string of the molecule is CC1(C)COB(c2cccnn2)OC1. The summed E-state index contributed by atoms with van der Waals surface area (Å²) < 4.78 is 11.1. The van der Waals surface area contributed by atoms with Crippen molar-refractivity contribution in [2.75, 3.05) is 13.2 Å². The summed E-state index contributed by atoms with van der Waals surface area (Å²) in [6.45, 7) is 5.60. The predicted octanol–water partition coefficient (Wildman–Crippen LogP) is 0.245. The number of nitrogens with zero attached hydrogens (tertiary/aromatic N) is 2. The molecule has 0 N–H and O–H groups in total. The minimum absolute atomic E-state index is 0.0959. The fourth-order valence-electron chi connectivity index (χ4n) is 1.30. The summed E-state index contributed by atoms with van der Waals surface area (Å²) in [6, 6.07) is 3.69. The second kappa shape index (κ2) is 3.67. The molecule has 0 bridgehead atoms. The maximum atomic E-state index is 5.55. The first-order chi connectivity index (χ1) is 6.67. The Hall–Kier alpha value is -0.935. The maximum Gasteiger partial charge on any atom is 0.515 e. The van der Waals surface area contributed by atoms with Crippen LogP contribution in [-0.2, 0) is 9.31 Å². The Morgan fingerprint density at radius 1 is 1.36 bits per heavy atom. The molecule has 0 unspecified atom stereocenters. The predicted molar refractivity (Wildman–Crippen MR) is 53.1 cm³/mol. The standard InChI is InChI=1S/C9H13BN2O2/c1-9(2)6-13-10(14-7-9)8-4-3-5-11-12-8/h3-5H,6-7H2,1-2H3. The van der Waals surface area contributed by atoms with Gasteiger partial charge in [0.15, 0.2) is 0 Å². The molecule has 2 heterocycles. The summed E-state index contributed by atoms with van der Waals surface area (Å²) in [5.74, 6) is 0. The number of aromatic nitrogens is 2. The van der Waals surface area contributed by atoms with E-state index in [1.807, 2.05) is 12.1 Å². The zero-order valence-electron chi connectivity index (χ0n) is 8.43. The summed E-state index contributed by atoms with van der Waals surface area (Å²) in [5.41, 5.74) is 0.835. The van der Waals surface area contributed by atoms with Gasteiger partial charge in [-0.05, 0) is 12.1 Å². The van der Waals surface area contributed by atoms with E-state index in [-0.39, 0.29) is 12.5 Å². The van der Waals surface area contributed by atoms with Crippen molar-refractivity contribution >= 4 is 12.7 Å². The molecule has 0 aliphatic carbocycles. The molecule has 0 aromatic carbocycles. The smallest absolute Gasteiger partial charge is 0.406 e. The van der Waals surface area contributed by atoms with Gasteiger partial charge in [0.2, 0.25) is 0 Å². The lowest BCUT2D eigenvalue weighted by atomic mass is 9.80. The van der Waals surface area contributed by atoms with Gasteiger partial charge in [0, 0.05) is 24.8 Å². The lowest BCUT2D eigenvalue weighted by Gasteiger charge is -2.32. The molecule has 0 saturated carbocycles. The van der Waals surface area contributed by atoms with Crippen LogP contribution in [0.25, 0.3) is 0 Å². The zero-order valence-corrected chi connectivity index (χ0v) is 8.43. The molecule has 0 radical (unpaired) electrons. The molecule has 1 aromatic rings. The van der Waals surface area contributed by atoms with Crippen molar-refractivity contribution in [2.45, 2.75) is 13.8 Å². The van der Waals surface area contributed by atoms with Crippen molar-refractivity contribution in [1.82, 2.24) is 10.2 Å². The van der Waals surface area contributed by atoms with Crippen LogP contribution in [0.15, 0.2) is 18.3 Å². The van der Waals surface area contributed by atoms with Crippen molar-refractivity contribution in [3.63, 3.8) is 0 Å². The summed E-state index contributed by atoms with van der Waals surface area (Å²) in [7, 11) is -0.350. The highest BCUT2D eigenvalue weighted by atomic mass is 16.6. The molecular weight excluding hydrogens is 179 g/mol. The summed E-state index contributed by atoms with van der Waals surface area (Å²) >= 11 is 0. The van der Waals surface area contributed by atoms with Crippen molar-refractivity contribution < 1.29 is 9.31 Å². The molecule has 1 aromatic heterocycles. The lowest BCUT2D eigenvalue weighted by Crippen LogP contribution is -2.48. The van der Waals surface area contributed by atoms with Crippen molar-refractivity contribution in [3.8, 4) is 0 Å². The summed E-state index contributed by atoms with van der Waals surface area (Å²) in [6.07, 6.45) is 1.64. The third-order valence-corrected chi connectivity index (χ3v) is 2.09. The van der Waals surface area contributed by atoms with Gasteiger partial charge >= 0.3 is 7.12 Å². The highest BCUT2D eigenvalue weighted by Gasteiger charge is 2.34. The second-order valence-electron chi connectivity index (χ2n) is 4.27. The normalized spacial score (nSPS) is 20.9. The van der Waals surface area contributed by atoms with Crippen molar-refractivity contribution in [3.05, 3.63) is 18.3 Å². The minimum atomic E-state index is -0.350. The zero-order chi connectivity index (χ0) is 10.0. The van der Waals surface area contributed by atoms with E-state index in [0.717, 1.165) is 5.59 Å². The van der Waals surface area contributed by atoms with Crippen LogP contribution in [0.2, 0.25) is 0 Å².